The van der Waals surface area contributed by atoms with E-state index in [1.807, 2.05) is 35.2 Å². The summed E-state index contributed by atoms with van der Waals surface area (Å²) in [5, 5.41) is 0.995. The van der Waals surface area contributed by atoms with Gasteiger partial charge in [-0.1, -0.05) is 15.9 Å². The lowest BCUT2D eigenvalue weighted by molar-refractivity contribution is -0.130. The number of nitrogens with zero attached hydrogens (tertiary/aromatic N) is 2. The molecule has 3 aromatic rings. The number of anilines is 1. The van der Waals surface area contributed by atoms with Crippen LogP contribution in [0.2, 0.25) is 0 Å². The Morgan fingerprint density at radius 3 is 2.56 bits per heavy atom. The molecular formula is C21H21BrN2O3. The minimum atomic E-state index is 0.145. The van der Waals surface area contributed by atoms with Crippen molar-refractivity contribution in [2.75, 3.05) is 38.2 Å². The topological polar surface area (TPSA) is 45.9 Å². The molecule has 1 fully saturated rings. The number of amides is 1. The van der Waals surface area contributed by atoms with Crippen molar-refractivity contribution in [2.24, 2.45) is 0 Å². The number of fused-ring (bicyclic) bond motifs is 1. The van der Waals surface area contributed by atoms with E-state index in [-0.39, 0.29) is 5.91 Å². The molecule has 0 saturated carbocycles. The number of rotatable bonds is 4. The summed E-state index contributed by atoms with van der Waals surface area (Å²) in [7, 11) is 1.67. The van der Waals surface area contributed by atoms with Gasteiger partial charge in [0, 0.05) is 47.3 Å². The van der Waals surface area contributed by atoms with Crippen LogP contribution in [0.15, 0.2) is 57.6 Å². The van der Waals surface area contributed by atoms with Gasteiger partial charge in [-0.15, -0.1) is 0 Å². The standard InChI is InChI=1S/C21H21BrN2O3/c1-26-18-5-3-17(4-6-18)23-8-10-24(11-9-23)21(25)12-15-14-27-20-7-2-16(22)13-19(15)20/h2-7,13-14H,8-12H2,1H3. The first kappa shape index (κ1) is 17.9. The van der Waals surface area contributed by atoms with Gasteiger partial charge in [0.2, 0.25) is 5.91 Å². The van der Waals surface area contributed by atoms with E-state index in [1.54, 1.807) is 13.4 Å². The van der Waals surface area contributed by atoms with Crippen LogP contribution in [0.25, 0.3) is 11.0 Å². The Balaban J connectivity index is 1.38. The largest absolute Gasteiger partial charge is 0.497 e. The van der Waals surface area contributed by atoms with Crippen molar-refractivity contribution in [1.82, 2.24) is 4.90 Å². The molecule has 1 saturated heterocycles. The van der Waals surface area contributed by atoms with E-state index in [9.17, 15) is 4.79 Å². The average molecular weight is 429 g/mol. The summed E-state index contributed by atoms with van der Waals surface area (Å²) in [6.45, 7) is 3.11. The number of furan rings is 1. The molecule has 0 bridgehead atoms. The summed E-state index contributed by atoms with van der Waals surface area (Å²) < 4.78 is 11.8. The molecule has 0 radical (unpaired) electrons. The van der Waals surface area contributed by atoms with Crippen molar-refractivity contribution >= 4 is 38.5 Å². The van der Waals surface area contributed by atoms with Gasteiger partial charge in [-0.3, -0.25) is 4.79 Å². The SMILES string of the molecule is COc1ccc(N2CCN(C(=O)Cc3coc4ccc(Br)cc34)CC2)cc1. The highest BCUT2D eigenvalue weighted by Gasteiger charge is 2.22. The van der Waals surface area contributed by atoms with Crippen molar-refractivity contribution in [1.29, 1.82) is 0 Å². The molecule has 4 rings (SSSR count). The van der Waals surface area contributed by atoms with Crippen LogP contribution in [-0.4, -0.2) is 44.1 Å². The van der Waals surface area contributed by atoms with Gasteiger partial charge in [0.05, 0.1) is 19.8 Å². The Morgan fingerprint density at radius 1 is 1.11 bits per heavy atom. The minimum Gasteiger partial charge on any atom is -0.497 e. The number of piperazine rings is 1. The number of carbonyl (C=O) groups excluding carboxylic acids is 1. The van der Waals surface area contributed by atoms with E-state index < -0.39 is 0 Å². The number of hydrogen-bond donors (Lipinski definition) is 0. The highest BCUT2D eigenvalue weighted by Crippen LogP contribution is 2.26. The number of ether oxygens (including phenoxy) is 1. The van der Waals surface area contributed by atoms with Crippen molar-refractivity contribution in [3.8, 4) is 5.75 Å². The number of methoxy groups -OCH3 is 1. The molecule has 0 aliphatic carbocycles. The maximum absolute atomic E-state index is 12.8. The van der Waals surface area contributed by atoms with Crippen LogP contribution in [-0.2, 0) is 11.2 Å². The van der Waals surface area contributed by atoms with E-state index >= 15 is 0 Å². The van der Waals surface area contributed by atoms with Gasteiger partial charge in [0.25, 0.3) is 0 Å². The number of hydrogen-bond acceptors (Lipinski definition) is 4. The number of benzene rings is 2. The molecule has 0 N–H and O–H groups in total. The summed E-state index contributed by atoms with van der Waals surface area (Å²) in [5.41, 5.74) is 2.91. The van der Waals surface area contributed by atoms with Gasteiger partial charge in [0.15, 0.2) is 0 Å². The predicted molar refractivity (Wildman–Crippen MR) is 109 cm³/mol. The average Bonchev–Trinajstić information content (AvgIpc) is 3.10. The first-order valence-electron chi connectivity index (χ1n) is 8.96. The van der Waals surface area contributed by atoms with Gasteiger partial charge >= 0.3 is 0 Å². The molecule has 1 aromatic heterocycles. The lowest BCUT2D eigenvalue weighted by Gasteiger charge is -2.36. The maximum atomic E-state index is 12.8. The van der Waals surface area contributed by atoms with Gasteiger partial charge in [-0.05, 0) is 42.5 Å². The second-order valence-corrected chi connectivity index (χ2v) is 7.56. The minimum absolute atomic E-state index is 0.145. The predicted octanol–water partition coefficient (Wildman–Crippen LogP) is 4.10. The number of carbonyl (C=O) groups is 1. The van der Waals surface area contributed by atoms with Crippen LogP contribution in [0.4, 0.5) is 5.69 Å². The van der Waals surface area contributed by atoms with Crippen LogP contribution in [0.1, 0.15) is 5.56 Å². The fraction of sp³-hybridized carbons (Fsp3) is 0.286. The first-order chi connectivity index (χ1) is 13.1. The molecular weight excluding hydrogens is 408 g/mol. The van der Waals surface area contributed by atoms with E-state index in [4.69, 9.17) is 9.15 Å². The molecule has 0 unspecified atom stereocenters. The van der Waals surface area contributed by atoms with Gasteiger partial charge < -0.3 is 19.0 Å². The summed E-state index contributed by atoms with van der Waals surface area (Å²) in [4.78, 5) is 17.0. The molecule has 1 amide bonds. The Bertz CT molecular complexity index is 944. The van der Waals surface area contributed by atoms with Crippen molar-refractivity contribution in [2.45, 2.75) is 6.42 Å². The molecule has 1 aliphatic heterocycles. The van der Waals surface area contributed by atoms with Crippen LogP contribution in [0.5, 0.6) is 5.75 Å². The van der Waals surface area contributed by atoms with E-state index in [1.165, 1.54) is 0 Å². The Labute approximate surface area is 166 Å². The first-order valence-corrected chi connectivity index (χ1v) is 9.76. The molecule has 140 valence electrons. The molecule has 1 aliphatic rings. The second-order valence-electron chi connectivity index (χ2n) is 6.64. The Kier molecular flexibility index (Phi) is 5.07. The molecule has 2 heterocycles. The molecule has 0 atom stereocenters. The number of halogens is 1. The van der Waals surface area contributed by atoms with Crippen molar-refractivity contribution in [3.05, 3.63) is 58.8 Å². The van der Waals surface area contributed by atoms with Crippen molar-refractivity contribution in [3.63, 3.8) is 0 Å². The van der Waals surface area contributed by atoms with Gasteiger partial charge in [0.1, 0.15) is 11.3 Å². The highest BCUT2D eigenvalue weighted by molar-refractivity contribution is 9.10. The summed E-state index contributed by atoms with van der Waals surface area (Å²) >= 11 is 3.48. The fourth-order valence-electron chi connectivity index (χ4n) is 3.47. The van der Waals surface area contributed by atoms with E-state index in [0.717, 1.165) is 58.6 Å². The van der Waals surface area contributed by atoms with Gasteiger partial charge in [-0.2, -0.15) is 0 Å². The van der Waals surface area contributed by atoms with Crippen LogP contribution >= 0.6 is 15.9 Å². The Hall–Kier alpha value is -2.47. The summed E-state index contributed by atoms with van der Waals surface area (Å²) in [6.07, 6.45) is 2.06. The third-order valence-corrected chi connectivity index (χ3v) is 5.52. The zero-order valence-corrected chi connectivity index (χ0v) is 16.7. The van der Waals surface area contributed by atoms with Crippen molar-refractivity contribution < 1.29 is 13.9 Å². The Morgan fingerprint density at radius 2 is 1.85 bits per heavy atom. The summed E-state index contributed by atoms with van der Waals surface area (Å²) in [6, 6.07) is 13.9. The van der Waals surface area contributed by atoms with Gasteiger partial charge in [-0.25, -0.2) is 0 Å². The summed E-state index contributed by atoms with van der Waals surface area (Å²) in [5.74, 6) is 0.999. The third kappa shape index (κ3) is 3.81. The molecule has 5 nitrogen and oxygen atoms in total. The molecule has 0 spiro atoms. The quantitative estimate of drug-likeness (QED) is 0.627. The zero-order valence-electron chi connectivity index (χ0n) is 15.2. The molecule has 27 heavy (non-hydrogen) atoms. The van der Waals surface area contributed by atoms with Crippen LogP contribution in [0, 0.1) is 0 Å². The van der Waals surface area contributed by atoms with E-state index in [2.05, 4.69) is 33.0 Å². The maximum Gasteiger partial charge on any atom is 0.227 e. The lowest BCUT2D eigenvalue weighted by atomic mass is 10.1. The van der Waals surface area contributed by atoms with Crippen LogP contribution in [0.3, 0.4) is 0 Å². The zero-order chi connectivity index (χ0) is 18.8. The molecule has 2 aromatic carbocycles. The smallest absolute Gasteiger partial charge is 0.227 e. The highest BCUT2D eigenvalue weighted by atomic mass is 79.9. The monoisotopic (exact) mass is 428 g/mol. The lowest BCUT2D eigenvalue weighted by Crippen LogP contribution is -2.49. The second kappa shape index (κ2) is 7.64. The third-order valence-electron chi connectivity index (χ3n) is 5.03. The normalized spacial score (nSPS) is 14.6. The van der Waals surface area contributed by atoms with E-state index in [0.29, 0.717) is 6.42 Å². The fourth-order valence-corrected chi connectivity index (χ4v) is 3.83. The van der Waals surface area contributed by atoms with Crippen LogP contribution < -0.4 is 9.64 Å². The molecule has 6 heteroatoms.